The highest BCUT2D eigenvalue weighted by molar-refractivity contribution is 7.99. The monoisotopic (exact) mass is 352 g/mol. The van der Waals surface area contributed by atoms with Gasteiger partial charge in [-0.25, -0.2) is 0 Å². The van der Waals surface area contributed by atoms with E-state index in [-0.39, 0.29) is 17.7 Å². The molecule has 0 unspecified atom stereocenters. The van der Waals surface area contributed by atoms with Crippen molar-refractivity contribution in [3.63, 3.8) is 0 Å². The van der Waals surface area contributed by atoms with E-state index in [4.69, 9.17) is 0 Å². The first-order valence-electron chi connectivity index (χ1n) is 7.58. The Hall–Kier alpha value is -1.93. The third-order valence-corrected chi connectivity index (χ3v) is 4.73. The fraction of sp³-hybridized carbons (Fsp3) is 0.375. The number of benzene rings is 1. The maximum absolute atomic E-state index is 12.6. The van der Waals surface area contributed by atoms with Gasteiger partial charge in [0.25, 0.3) is 5.76 Å². The molecule has 1 saturated heterocycles. The van der Waals surface area contributed by atoms with Gasteiger partial charge in [-0.1, -0.05) is 17.8 Å². The topological polar surface area (TPSA) is 59.0 Å². The lowest BCUT2D eigenvalue weighted by Crippen LogP contribution is -2.28. The van der Waals surface area contributed by atoms with E-state index < -0.39 is 5.76 Å². The van der Waals surface area contributed by atoms with Crippen molar-refractivity contribution in [1.82, 2.24) is 15.1 Å². The highest BCUT2D eigenvalue weighted by atomic mass is 32.2. The summed E-state index contributed by atoms with van der Waals surface area (Å²) in [5.41, 5.74) is 1.55. The van der Waals surface area contributed by atoms with Crippen LogP contribution in [-0.4, -0.2) is 34.5 Å². The number of halogens is 2. The largest absolute Gasteiger partial charge is 0.326 e. The summed E-state index contributed by atoms with van der Waals surface area (Å²) in [5.74, 6) is -2.77. The number of hydrogen-bond acceptors (Lipinski definition) is 4. The zero-order valence-electron chi connectivity index (χ0n) is 13.1. The van der Waals surface area contributed by atoms with E-state index in [0.29, 0.717) is 35.4 Å². The number of amides is 1. The van der Waals surface area contributed by atoms with Gasteiger partial charge in [0.1, 0.15) is 0 Å². The Labute approximate surface area is 142 Å². The predicted molar refractivity (Wildman–Crippen MR) is 89.2 cm³/mol. The molecule has 3 rings (SSSR count). The van der Waals surface area contributed by atoms with Crippen LogP contribution in [0.15, 0.2) is 41.6 Å². The van der Waals surface area contributed by atoms with Gasteiger partial charge < -0.3 is 10.6 Å². The van der Waals surface area contributed by atoms with Crippen LogP contribution in [0, 0.1) is 5.92 Å². The van der Waals surface area contributed by atoms with Crippen molar-refractivity contribution in [2.45, 2.75) is 16.6 Å². The van der Waals surface area contributed by atoms with Crippen LogP contribution >= 0.6 is 11.8 Å². The average molecular weight is 352 g/mol. The molecule has 0 spiro atoms. The van der Waals surface area contributed by atoms with Crippen molar-refractivity contribution in [3.05, 3.63) is 42.2 Å². The van der Waals surface area contributed by atoms with Gasteiger partial charge in [0.05, 0.1) is 12.1 Å². The predicted octanol–water partition coefficient (Wildman–Crippen LogP) is 2.68. The Bertz CT molecular complexity index is 722. The van der Waals surface area contributed by atoms with E-state index >= 15 is 0 Å². The SMILES string of the molecule is Cn1cc([C@H]2CNC[C@@H]2C(=O)Nc2cccc(SC(F)F)c2)cn1. The van der Waals surface area contributed by atoms with E-state index in [2.05, 4.69) is 15.7 Å². The highest BCUT2D eigenvalue weighted by Gasteiger charge is 2.34. The molecule has 128 valence electrons. The molecule has 8 heteroatoms. The maximum Gasteiger partial charge on any atom is 0.288 e. The fourth-order valence-electron chi connectivity index (χ4n) is 2.92. The van der Waals surface area contributed by atoms with Crippen molar-refractivity contribution < 1.29 is 13.6 Å². The van der Waals surface area contributed by atoms with Crippen LogP contribution in [0.5, 0.6) is 0 Å². The minimum absolute atomic E-state index is 0.0531. The molecule has 2 N–H and O–H groups in total. The lowest BCUT2D eigenvalue weighted by Gasteiger charge is -2.17. The van der Waals surface area contributed by atoms with Crippen LogP contribution in [0.3, 0.4) is 0 Å². The van der Waals surface area contributed by atoms with Crippen LogP contribution in [0.2, 0.25) is 0 Å². The second-order valence-corrected chi connectivity index (χ2v) is 6.78. The van der Waals surface area contributed by atoms with Gasteiger partial charge in [0.15, 0.2) is 0 Å². The number of rotatable bonds is 5. The van der Waals surface area contributed by atoms with E-state index in [1.807, 2.05) is 13.2 Å². The van der Waals surface area contributed by atoms with Crippen LogP contribution < -0.4 is 10.6 Å². The zero-order valence-corrected chi connectivity index (χ0v) is 13.9. The molecule has 1 aliphatic heterocycles. The molecule has 0 bridgehead atoms. The van der Waals surface area contributed by atoms with Gasteiger partial charge >= 0.3 is 0 Å². The number of nitrogens with one attached hydrogen (secondary N) is 2. The molecule has 1 aromatic heterocycles. The smallest absolute Gasteiger partial charge is 0.288 e. The van der Waals surface area contributed by atoms with Crippen LogP contribution in [0.25, 0.3) is 0 Å². The van der Waals surface area contributed by atoms with Gasteiger partial charge in [-0.2, -0.15) is 13.9 Å². The molecule has 1 aliphatic rings. The summed E-state index contributed by atoms with van der Waals surface area (Å²) in [6.45, 7) is 1.29. The first-order valence-corrected chi connectivity index (χ1v) is 8.46. The van der Waals surface area contributed by atoms with Crippen molar-refractivity contribution in [2.75, 3.05) is 18.4 Å². The molecule has 2 heterocycles. The van der Waals surface area contributed by atoms with Crippen LogP contribution in [0.1, 0.15) is 11.5 Å². The number of aromatic nitrogens is 2. The molecule has 2 atom stereocenters. The number of anilines is 1. The number of carbonyl (C=O) groups excluding carboxylic acids is 1. The first kappa shape index (κ1) is 16.9. The molecule has 1 amide bonds. The molecule has 1 fully saturated rings. The quantitative estimate of drug-likeness (QED) is 0.813. The summed E-state index contributed by atoms with van der Waals surface area (Å²) in [6.07, 6.45) is 3.69. The standard InChI is InChI=1S/C16H18F2N4OS/c1-22-9-10(6-20-22)13-7-19-8-14(13)15(23)21-11-3-2-4-12(5-11)24-16(17)18/h2-6,9,13-14,16,19H,7-8H2,1H3,(H,21,23)/t13-,14+/m1/s1. The number of carbonyl (C=O) groups is 1. The minimum Gasteiger partial charge on any atom is -0.326 e. The summed E-state index contributed by atoms with van der Waals surface area (Å²) in [5, 5.41) is 10.2. The first-order chi connectivity index (χ1) is 11.5. The summed E-state index contributed by atoms with van der Waals surface area (Å²) >= 11 is 0.464. The fourth-order valence-corrected chi connectivity index (χ4v) is 3.48. The number of aryl methyl sites for hydroxylation is 1. The third kappa shape index (κ3) is 3.93. The van der Waals surface area contributed by atoms with E-state index in [9.17, 15) is 13.6 Å². The number of alkyl halides is 2. The Morgan fingerprint density at radius 2 is 2.29 bits per heavy atom. The second-order valence-electron chi connectivity index (χ2n) is 5.71. The molecule has 0 radical (unpaired) electrons. The Balaban J connectivity index is 1.70. The highest BCUT2D eigenvalue weighted by Crippen LogP contribution is 2.30. The Morgan fingerprint density at radius 1 is 1.46 bits per heavy atom. The zero-order chi connectivity index (χ0) is 17.1. The van der Waals surface area contributed by atoms with Crippen LogP contribution in [0.4, 0.5) is 14.5 Å². The molecular formula is C16H18F2N4OS. The van der Waals surface area contributed by atoms with Gasteiger partial charge in [0.2, 0.25) is 5.91 Å². The molecule has 5 nitrogen and oxygen atoms in total. The normalized spacial score (nSPS) is 20.5. The Kier molecular flexibility index (Phi) is 5.15. The lowest BCUT2D eigenvalue weighted by atomic mass is 9.90. The molecule has 1 aromatic carbocycles. The molecule has 0 aliphatic carbocycles. The van der Waals surface area contributed by atoms with E-state index in [0.717, 1.165) is 5.56 Å². The van der Waals surface area contributed by atoms with Gasteiger partial charge in [-0.3, -0.25) is 9.48 Å². The number of thioether (sulfide) groups is 1. The van der Waals surface area contributed by atoms with Gasteiger partial charge in [0, 0.05) is 42.8 Å². The van der Waals surface area contributed by atoms with Gasteiger partial charge in [-0.05, 0) is 23.8 Å². The summed E-state index contributed by atoms with van der Waals surface area (Å²) in [7, 11) is 1.84. The van der Waals surface area contributed by atoms with Crippen molar-refractivity contribution in [1.29, 1.82) is 0 Å². The Morgan fingerprint density at radius 3 is 3.00 bits per heavy atom. The third-order valence-electron chi connectivity index (χ3n) is 4.03. The van der Waals surface area contributed by atoms with E-state index in [1.165, 1.54) is 0 Å². The minimum atomic E-state index is -2.48. The van der Waals surface area contributed by atoms with Crippen molar-refractivity contribution in [2.24, 2.45) is 13.0 Å². The summed E-state index contributed by atoms with van der Waals surface area (Å²) in [6, 6.07) is 6.53. The number of nitrogens with zero attached hydrogens (tertiary/aromatic N) is 2. The maximum atomic E-state index is 12.6. The van der Waals surface area contributed by atoms with Crippen LogP contribution in [-0.2, 0) is 11.8 Å². The van der Waals surface area contributed by atoms with Gasteiger partial charge in [-0.15, -0.1) is 0 Å². The molecule has 0 saturated carbocycles. The van der Waals surface area contributed by atoms with Crippen molar-refractivity contribution >= 4 is 23.4 Å². The molecule has 2 aromatic rings. The number of hydrogen-bond donors (Lipinski definition) is 2. The summed E-state index contributed by atoms with van der Waals surface area (Å²) < 4.78 is 26.6. The van der Waals surface area contributed by atoms with Crippen molar-refractivity contribution in [3.8, 4) is 0 Å². The lowest BCUT2D eigenvalue weighted by molar-refractivity contribution is -0.119. The average Bonchev–Trinajstić information content (AvgIpc) is 3.15. The molecule has 24 heavy (non-hydrogen) atoms. The molecular weight excluding hydrogens is 334 g/mol. The van der Waals surface area contributed by atoms with E-state index in [1.54, 1.807) is 35.1 Å². The summed E-state index contributed by atoms with van der Waals surface area (Å²) in [4.78, 5) is 13.0. The second kappa shape index (κ2) is 7.31.